The molecule has 3 aliphatic rings. The number of nitro benzene ring substituents is 1. The summed E-state index contributed by atoms with van der Waals surface area (Å²) in [6.45, 7) is 4.77. The monoisotopic (exact) mass is 616 g/mol. The maximum atomic E-state index is 12.2. The van der Waals surface area contributed by atoms with Gasteiger partial charge in [0.05, 0.1) is 23.4 Å². The van der Waals surface area contributed by atoms with Crippen molar-refractivity contribution in [3.05, 3.63) is 75.4 Å². The van der Waals surface area contributed by atoms with E-state index in [-0.39, 0.29) is 17.3 Å². The molecule has 0 radical (unpaired) electrons. The number of allylic oxidation sites excluding steroid dienone is 5. The molecule has 0 unspecified atom stereocenters. The molecule has 1 aliphatic carbocycles. The summed E-state index contributed by atoms with van der Waals surface area (Å²) >= 11 is 0. The van der Waals surface area contributed by atoms with Crippen LogP contribution in [0.25, 0.3) is 5.57 Å². The molecular weight excluding hydrogens is 568 g/mol. The van der Waals surface area contributed by atoms with E-state index in [9.17, 15) is 10.1 Å². The molecule has 3 heterocycles. The van der Waals surface area contributed by atoms with Gasteiger partial charge >= 0.3 is 0 Å². The number of ether oxygens (including phenoxy) is 1. The highest BCUT2D eigenvalue weighted by atomic mass is 16.6. The van der Waals surface area contributed by atoms with Crippen molar-refractivity contribution in [1.82, 2.24) is 19.7 Å². The molecule has 5 rings (SSSR count). The van der Waals surface area contributed by atoms with Gasteiger partial charge in [-0.1, -0.05) is 18.2 Å². The maximum absolute atomic E-state index is 12.2. The molecule has 1 aromatic carbocycles. The number of nitro groups is 1. The molecule has 2 N–H and O–H groups in total. The topological polar surface area (TPSA) is 103 Å². The Bertz CT molecular complexity index is 1500. The maximum Gasteiger partial charge on any atom is 0.294 e. The molecule has 45 heavy (non-hydrogen) atoms. The van der Waals surface area contributed by atoms with Crippen LogP contribution in [-0.4, -0.2) is 93.2 Å². The Balaban J connectivity index is 1.49. The molecule has 2 aliphatic heterocycles. The van der Waals surface area contributed by atoms with E-state index in [0.717, 1.165) is 51.2 Å². The normalized spacial score (nSPS) is 16.4. The molecular formula is C34H48N8O3. The minimum atomic E-state index is -0.330. The van der Waals surface area contributed by atoms with Crippen LogP contribution in [0.5, 0.6) is 5.75 Å². The summed E-state index contributed by atoms with van der Waals surface area (Å²) in [5, 5.41) is 18.8. The van der Waals surface area contributed by atoms with E-state index in [1.54, 1.807) is 19.2 Å². The molecule has 11 heteroatoms. The third-order valence-electron chi connectivity index (χ3n) is 8.90. The van der Waals surface area contributed by atoms with Crippen LogP contribution in [0, 0.1) is 10.1 Å². The van der Waals surface area contributed by atoms with Crippen molar-refractivity contribution in [2.45, 2.75) is 45.1 Å². The third-order valence-corrected chi connectivity index (χ3v) is 8.90. The van der Waals surface area contributed by atoms with Crippen molar-refractivity contribution in [2.75, 3.05) is 78.4 Å². The number of aromatic nitrogens is 1. The van der Waals surface area contributed by atoms with E-state index in [4.69, 9.17) is 9.73 Å². The van der Waals surface area contributed by atoms with Crippen LogP contribution >= 0.6 is 0 Å². The summed E-state index contributed by atoms with van der Waals surface area (Å²) in [5.41, 5.74) is 8.58. The fourth-order valence-electron chi connectivity index (χ4n) is 6.54. The predicted molar refractivity (Wildman–Crippen MR) is 184 cm³/mol. The molecule has 1 fully saturated rings. The number of aryl methyl sites for hydroxylation is 1. The van der Waals surface area contributed by atoms with Crippen molar-refractivity contribution in [3.63, 3.8) is 0 Å². The van der Waals surface area contributed by atoms with Gasteiger partial charge in [0.15, 0.2) is 0 Å². The third kappa shape index (κ3) is 7.36. The Hall–Kier alpha value is -4.25. The number of anilines is 2. The highest BCUT2D eigenvalue weighted by Gasteiger charge is 2.27. The Kier molecular flexibility index (Phi) is 10.5. The summed E-state index contributed by atoms with van der Waals surface area (Å²) in [6.07, 6.45) is 17.2. The Morgan fingerprint density at radius 1 is 1.16 bits per heavy atom. The molecule has 0 spiro atoms. The first-order valence-electron chi connectivity index (χ1n) is 16.0. The van der Waals surface area contributed by atoms with Gasteiger partial charge in [-0.2, -0.15) is 0 Å². The van der Waals surface area contributed by atoms with Gasteiger partial charge in [0, 0.05) is 94.7 Å². The first-order valence-corrected chi connectivity index (χ1v) is 16.0. The number of likely N-dealkylation sites (N-methyl/N-ethyl adjacent to an activating group) is 2. The Morgan fingerprint density at radius 3 is 2.67 bits per heavy atom. The Labute approximate surface area is 267 Å². The number of hydrogen-bond acceptors (Lipinski definition) is 9. The summed E-state index contributed by atoms with van der Waals surface area (Å²) in [5.74, 6) is 0.544. The van der Waals surface area contributed by atoms with E-state index in [1.807, 2.05) is 33.1 Å². The molecule has 0 amide bonds. The number of benzene rings is 1. The zero-order chi connectivity index (χ0) is 31.9. The smallest absolute Gasteiger partial charge is 0.294 e. The van der Waals surface area contributed by atoms with Crippen LogP contribution < -0.4 is 20.3 Å². The van der Waals surface area contributed by atoms with Gasteiger partial charge in [-0.3, -0.25) is 15.1 Å². The zero-order valence-corrected chi connectivity index (χ0v) is 27.4. The van der Waals surface area contributed by atoms with Crippen LogP contribution in [0.15, 0.2) is 53.4 Å². The largest absolute Gasteiger partial charge is 0.495 e. The van der Waals surface area contributed by atoms with Gasteiger partial charge in [0.25, 0.3) is 5.69 Å². The SMILES string of the molecule is CN/C=C(\CC(=NCNc1cc([N+](=O)[O-])c(N(C)CCN(C)C)cc1OC)c1cn2c3c1CC=CC=C3CCC2)N1CCCC1. The van der Waals surface area contributed by atoms with E-state index >= 15 is 0 Å². The van der Waals surface area contributed by atoms with Gasteiger partial charge in [-0.05, 0) is 57.3 Å². The number of aliphatic imine (C=N–C) groups is 1. The second-order valence-electron chi connectivity index (χ2n) is 12.2. The summed E-state index contributed by atoms with van der Waals surface area (Å²) in [4.78, 5) is 23.4. The molecule has 0 bridgehead atoms. The lowest BCUT2D eigenvalue weighted by Crippen LogP contribution is -2.29. The summed E-state index contributed by atoms with van der Waals surface area (Å²) in [6, 6.07) is 3.32. The molecule has 242 valence electrons. The fourth-order valence-corrected chi connectivity index (χ4v) is 6.54. The molecule has 2 aromatic rings. The molecule has 0 atom stereocenters. The van der Waals surface area contributed by atoms with Crippen molar-refractivity contribution in [1.29, 1.82) is 0 Å². The standard InChI is InChI=1S/C34H48N8O3/c1-35-22-26(40-14-8-9-15-40)19-29(28-23-41-16-10-12-25-11-6-7-13-27(28)34(25)41)36-24-37-30-20-32(42(43)44)31(21-33(30)45-5)39(4)18-17-38(2)3/h6-7,11,20-23,35,37H,8-10,12-19,24H2,1-5H3/b26-22+,36-29?. The van der Waals surface area contributed by atoms with Crippen LogP contribution in [-0.2, 0) is 13.0 Å². The zero-order valence-electron chi connectivity index (χ0n) is 27.4. The van der Waals surface area contributed by atoms with Gasteiger partial charge in [0.2, 0.25) is 0 Å². The lowest BCUT2D eigenvalue weighted by molar-refractivity contribution is -0.384. The minimum absolute atomic E-state index is 0.0314. The van der Waals surface area contributed by atoms with Crippen LogP contribution in [0.2, 0.25) is 0 Å². The van der Waals surface area contributed by atoms with Crippen LogP contribution in [0.4, 0.5) is 17.1 Å². The van der Waals surface area contributed by atoms with Crippen molar-refractivity contribution >= 4 is 28.3 Å². The highest BCUT2D eigenvalue weighted by Crippen LogP contribution is 2.39. The van der Waals surface area contributed by atoms with Crippen molar-refractivity contribution < 1.29 is 9.66 Å². The van der Waals surface area contributed by atoms with Gasteiger partial charge in [-0.15, -0.1) is 0 Å². The summed E-state index contributed by atoms with van der Waals surface area (Å²) < 4.78 is 8.12. The van der Waals surface area contributed by atoms with Gasteiger partial charge in [-0.25, -0.2) is 0 Å². The van der Waals surface area contributed by atoms with E-state index in [2.05, 4.69) is 55.6 Å². The number of nitrogens with zero attached hydrogens (tertiary/aromatic N) is 6. The lowest BCUT2D eigenvalue weighted by Gasteiger charge is -2.23. The van der Waals surface area contributed by atoms with Gasteiger partial charge < -0.3 is 34.6 Å². The molecule has 0 saturated carbocycles. The van der Waals surface area contributed by atoms with E-state index in [1.165, 1.54) is 40.9 Å². The first-order chi connectivity index (χ1) is 21.8. The second kappa shape index (κ2) is 14.7. The number of hydrogen-bond donors (Lipinski definition) is 2. The second-order valence-corrected chi connectivity index (χ2v) is 12.2. The average Bonchev–Trinajstić information content (AvgIpc) is 3.64. The predicted octanol–water partition coefficient (Wildman–Crippen LogP) is 5.10. The minimum Gasteiger partial charge on any atom is -0.495 e. The average molecular weight is 617 g/mol. The van der Waals surface area contributed by atoms with Crippen molar-refractivity contribution in [2.24, 2.45) is 4.99 Å². The molecule has 11 nitrogen and oxygen atoms in total. The highest BCUT2D eigenvalue weighted by molar-refractivity contribution is 6.04. The lowest BCUT2D eigenvalue weighted by atomic mass is 9.95. The number of methoxy groups -OCH3 is 1. The number of likely N-dealkylation sites (tertiary alicyclic amines) is 1. The van der Waals surface area contributed by atoms with E-state index < -0.39 is 0 Å². The fraction of sp³-hybridized carbons (Fsp3) is 0.500. The molecule has 1 aromatic heterocycles. The van der Waals surface area contributed by atoms with Crippen molar-refractivity contribution in [3.8, 4) is 5.75 Å². The van der Waals surface area contributed by atoms with Crippen LogP contribution in [0.1, 0.15) is 48.9 Å². The quantitative estimate of drug-likeness (QED) is 0.172. The number of rotatable bonds is 14. The first kappa shape index (κ1) is 32.2. The summed E-state index contributed by atoms with van der Waals surface area (Å²) in [7, 11) is 9.38. The van der Waals surface area contributed by atoms with Gasteiger partial charge in [0.1, 0.15) is 18.1 Å². The Morgan fingerprint density at radius 2 is 1.96 bits per heavy atom. The number of nitrogens with one attached hydrogen (secondary N) is 2. The van der Waals surface area contributed by atoms with E-state index in [0.29, 0.717) is 30.1 Å². The van der Waals surface area contributed by atoms with Crippen LogP contribution in [0.3, 0.4) is 0 Å². The molecule has 1 saturated heterocycles.